The molecule has 0 aliphatic heterocycles. The van der Waals surface area contributed by atoms with Crippen molar-refractivity contribution in [2.45, 2.75) is 39.9 Å². The van der Waals surface area contributed by atoms with Gasteiger partial charge in [-0.2, -0.15) is 5.10 Å². The van der Waals surface area contributed by atoms with Crippen LogP contribution in [0.5, 0.6) is 0 Å². The van der Waals surface area contributed by atoms with E-state index in [1.807, 2.05) is 25.8 Å². The van der Waals surface area contributed by atoms with Crippen LogP contribution in [0, 0.1) is 13.8 Å². The van der Waals surface area contributed by atoms with Gasteiger partial charge >= 0.3 is 0 Å². The van der Waals surface area contributed by atoms with Gasteiger partial charge in [0.2, 0.25) is 0 Å². The number of aromatic nitrogens is 4. The highest BCUT2D eigenvalue weighted by molar-refractivity contribution is 5.24. The lowest BCUT2D eigenvalue weighted by Crippen LogP contribution is -2.09. The standard InChI is InChI=1S/C13H21N5/c1-11-13(9-14-3)12(2)18(16-11)7-4-6-17-8-5-15-10-17/h5,8,10,14H,4,6-7,9H2,1-3H3. The Balaban J connectivity index is 1.95. The Kier molecular flexibility index (Phi) is 4.15. The highest BCUT2D eigenvalue weighted by atomic mass is 15.3. The molecule has 0 fully saturated rings. The molecule has 18 heavy (non-hydrogen) atoms. The first-order chi connectivity index (χ1) is 8.72. The van der Waals surface area contributed by atoms with E-state index >= 15 is 0 Å². The number of nitrogens with zero attached hydrogens (tertiary/aromatic N) is 4. The average Bonchev–Trinajstić information content (AvgIpc) is 2.94. The quantitative estimate of drug-likeness (QED) is 0.841. The van der Waals surface area contributed by atoms with Gasteiger partial charge in [-0.15, -0.1) is 0 Å². The van der Waals surface area contributed by atoms with Crippen LogP contribution < -0.4 is 5.32 Å². The summed E-state index contributed by atoms with van der Waals surface area (Å²) in [5, 5.41) is 7.79. The maximum atomic E-state index is 4.60. The average molecular weight is 247 g/mol. The van der Waals surface area contributed by atoms with Crippen molar-refractivity contribution in [2.24, 2.45) is 0 Å². The molecule has 2 aromatic heterocycles. The van der Waals surface area contributed by atoms with Crippen LogP contribution in [0.3, 0.4) is 0 Å². The predicted octanol–water partition coefficient (Wildman–Crippen LogP) is 1.51. The molecule has 0 atom stereocenters. The SMILES string of the molecule is CNCc1c(C)nn(CCCn2ccnc2)c1C. The molecule has 0 amide bonds. The Bertz CT molecular complexity index is 484. The number of nitrogens with one attached hydrogen (secondary N) is 1. The molecule has 0 saturated carbocycles. The maximum absolute atomic E-state index is 4.60. The van der Waals surface area contributed by atoms with Crippen molar-refractivity contribution in [1.82, 2.24) is 24.6 Å². The van der Waals surface area contributed by atoms with Crippen molar-refractivity contribution in [3.8, 4) is 0 Å². The van der Waals surface area contributed by atoms with Crippen molar-refractivity contribution in [3.05, 3.63) is 35.7 Å². The summed E-state index contributed by atoms with van der Waals surface area (Å²) in [4.78, 5) is 4.04. The van der Waals surface area contributed by atoms with Crippen LogP contribution >= 0.6 is 0 Å². The van der Waals surface area contributed by atoms with E-state index in [2.05, 4.69) is 38.5 Å². The fourth-order valence-corrected chi connectivity index (χ4v) is 2.21. The van der Waals surface area contributed by atoms with Crippen LogP contribution in [0.4, 0.5) is 0 Å². The van der Waals surface area contributed by atoms with Gasteiger partial charge in [0.25, 0.3) is 0 Å². The van der Waals surface area contributed by atoms with E-state index in [0.717, 1.165) is 31.7 Å². The monoisotopic (exact) mass is 247 g/mol. The zero-order valence-electron chi connectivity index (χ0n) is 11.3. The maximum Gasteiger partial charge on any atom is 0.0945 e. The van der Waals surface area contributed by atoms with Crippen molar-refractivity contribution < 1.29 is 0 Å². The molecule has 0 aromatic carbocycles. The first-order valence-corrected chi connectivity index (χ1v) is 6.35. The van der Waals surface area contributed by atoms with E-state index in [9.17, 15) is 0 Å². The van der Waals surface area contributed by atoms with Gasteiger partial charge in [-0.3, -0.25) is 4.68 Å². The lowest BCUT2D eigenvalue weighted by Gasteiger charge is -2.06. The van der Waals surface area contributed by atoms with E-state index in [0.29, 0.717) is 0 Å². The molecule has 0 aliphatic carbocycles. The third-order valence-electron chi connectivity index (χ3n) is 3.23. The van der Waals surface area contributed by atoms with Crippen LogP contribution in [0.15, 0.2) is 18.7 Å². The summed E-state index contributed by atoms with van der Waals surface area (Å²) in [6, 6.07) is 0. The summed E-state index contributed by atoms with van der Waals surface area (Å²) in [5.41, 5.74) is 3.72. The van der Waals surface area contributed by atoms with Crippen LogP contribution in [-0.4, -0.2) is 26.4 Å². The molecule has 0 spiro atoms. The number of imidazole rings is 1. The van der Waals surface area contributed by atoms with Crippen molar-refractivity contribution in [3.63, 3.8) is 0 Å². The lowest BCUT2D eigenvalue weighted by atomic mass is 10.2. The molecule has 2 aromatic rings. The first-order valence-electron chi connectivity index (χ1n) is 6.35. The molecule has 0 unspecified atom stereocenters. The van der Waals surface area contributed by atoms with E-state index < -0.39 is 0 Å². The summed E-state index contributed by atoms with van der Waals surface area (Å²) in [6.07, 6.45) is 6.73. The normalized spacial score (nSPS) is 11.1. The minimum Gasteiger partial charge on any atom is -0.337 e. The second-order valence-corrected chi connectivity index (χ2v) is 4.56. The Morgan fingerprint density at radius 3 is 2.78 bits per heavy atom. The Morgan fingerprint density at radius 2 is 2.11 bits per heavy atom. The fourth-order valence-electron chi connectivity index (χ4n) is 2.21. The fraction of sp³-hybridized carbons (Fsp3) is 0.538. The third kappa shape index (κ3) is 2.79. The molecular formula is C13H21N5. The van der Waals surface area contributed by atoms with Crippen LogP contribution in [0.1, 0.15) is 23.4 Å². The van der Waals surface area contributed by atoms with Gasteiger partial charge in [0, 0.05) is 43.3 Å². The van der Waals surface area contributed by atoms with Crippen molar-refractivity contribution in [2.75, 3.05) is 7.05 Å². The van der Waals surface area contributed by atoms with Crippen LogP contribution in [-0.2, 0) is 19.6 Å². The van der Waals surface area contributed by atoms with E-state index in [1.165, 1.54) is 11.3 Å². The molecule has 2 heterocycles. The largest absolute Gasteiger partial charge is 0.337 e. The zero-order chi connectivity index (χ0) is 13.0. The summed E-state index contributed by atoms with van der Waals surface area (Å²) < 4.78 is 4.21. The van der Waals surface area contributed by atoms with Gasteiger partial charge in [0.05, 0.1) is 12.0 Å². The second-order valence-electron chi connectivity index (χ2n) is 4.56. The molecule has 5 nitrogen and oxygen atoms in total. The van der Waals surface area contributed by atoms with E-state index in [4.69, 9.17) is 0 Å². The summed E-state index contributed by atoms with van der Waals surface area (Å²) in [7, 11) is 1.97. The van der Waals surface area contributed by atoms with Crippen LogP contribution in [0.2, 0.25) is 0 Å². The van der Waals surface area contributed by atoms with Gasteiger partial charge in [0.1, 0.15) is 0 Å². The van der Waals surface area contributed by atoms with Gasteiger partial charge in [-0.25, -0.2) is 4.98 Å². The van der Waals surface area contributed by atoms with E-state index in [1.54, 1.807) is 0 Å². The topological polar surface area (TPSA) is 47.7 Å². The van der Waals surface area contributed by atoms with Gasteiger partial charge in [0.15, 0.2) is 0 Å². The summed E-state index contributed by atoms with van der Waals surface area (Å²) >= 11 is 0. The van der Waals surface area contributed by atoms with Crippen molar-refractivity contribution >= 4 is 0 Å². The molecule has 0 bridgehead atoms. The number of hydrogen-bond acceptors (Lipinski definition) is 3. The highest BCUT2D eigenvalue weighted by Gasteiger charge is 2.09. The molecular weight excluding hydrogens is 226 g/mol. The van der Waals surface area contributed by atoms with Crippen LogP contribution in [0.25, 0.3) is 0 Å². The minimum atomic E-state index is 0.888. The Hall–Kier alpha value is -1.62. The van der Waals surface area contributed by atoms with Gasteiger partial charge in [-0.1, -0.05) is 0 Å². The lowest BCUT2D eigenvalue weighted by molar-refractivity contribution is 0.515. The first kappa shape index (κ1) is 12.8. The number of aryl methyl sites for hydroxylation is 3. The van der Waals surface area contributed by atoms with Gasteiger partial charge in [-0.05, 0) is 27.3 Å². The molecule has 0 saturated heterocycles. The van der Waals surface area contributed by atoms with Crippen molar-refractivity contribution in [1.29, 1.82) is 0 Å². The molecule has 1 N–H and O–H groups in total. The Morgan fingerprint density at radius 1 is 1.28 bits per heavy atom. The summed E-state index contributed by atoms with van der Waals surface area (Å²) in [6.45, 7) is 7.05. The van der Waals surface area contributed by atoms with E-state index in [-0.39, 0.29) is 0 Å². The highest BCUT2D eigenvalue weighted by Crippen LogP contribution is 2.13. The number of hydrogen-bond donors (Lipinski definition) is 1. The predicted molar refractivity (Wildman–Crippen MR) is 71.3 cm³/mol. The summed E-state index contributed by atoms with van der Waals surface area (Å²) in [5.74, 6) is 0. The molecule has 2 rings (SSSR count). The molecule has 0 aliphatic rings. The second kappa shape index (κ2) is 5.82. The number of rotatable bonds is 6. The minimum absolute atomic E-state index is 0.888. The third-order valence-corrected chi connectivity index (χ3v) is 3.23. The Labute approximate surface area is 108 Å². The van der Waals surface area contributed by atoms with Gasteiger partial charge < -0.3 is 9.88 Å². The smallest absolute Gasteiger partial charge is 0.0945 e. The molecule has 98 valence electrons. The molecule has 5 heteroatoms. The molecule has 0 radical (unpaired) electrons. The zero-order valence-corrected chi connectivity index (χ0v) is 11.3.